The highest BCUT2D eigenvalue weighted by atomic mass is 35.5. The van der Waals surface area contributed by atoms with Crippen molar-refractivity contribution in [3.05, 3.63) is 16.0 Å². The van der Waals surface area contributed by atoms with E-state index < -0.39 is 22.2 Å². The molecule has 0 aromatic carbocycles. The maximum atomic E-state index is 12.4. The number of thiophene rings is 1. The Hall–Kier alpha value is -0.180. The van der Waals surface area contributed by atoms with Gasteiger partial charge in [-0.3, -0.25) is 0 Å². The third-order valence-corrected chi connectivity index (χ3v) is 6.97. The molecule has 1 fully saturated rings. The second-order valence-electron chi connectivity index (χ2n) is 4.34. The van der Waals surface area contributed by atoms with Crippen LogP contribution in [0.25, 0.3) is 0 Å². The van der Waals surface area contributed by atoms with Crippen LogP contribution >= 0.6 is 22.9 Å². The summed E-state index contributed by atoms with van der Waals surface area (Å²) in [6.07, 6.45) is -0.679. The second kappa shape index (κ2) is 5.07. The highest BCUT2D eigenvalue weighted by Gasteiger charge is 2.36. The molecule has 0 radical (unpaired) electrons. The lowest BCUT2D eigenvalue weighted by molar-refractivity contribution is 0.136. The van der Waals surface area contributed by atoms with Crippen LogP contribution in [0.5, 0.6) is 0 Å². The van der Waals surface area contributed by atoms with E-state index in [9.17, 15) is 13.5 Å². The van der Waals surface area contributed by atoms with Gasteiger partial charge in [-0.25, -0.2) is 8.42 Å². The SMILES string of the molecule is Cc1cc(S(=O)(=O)N(C)[C@H]2CNC[C@@H]2O)sc1Cl. The lowest BCUT2D eigenvalue weighted by Crippen LogP contribution is -2.43. The van der Waals surface area contributed by atoms with Crippen LogP contribution in [0.4, 0.5) is 0 Å². The molecule has 2 rings (SSSR count). The zero-order valence-electron chi connectivity index (χ0n) is 10.1. The van der Waals surface area contributed by atoms with Gasteiger partial charge in [-0.2, -0.15) is 4.31 Å². The first-order chi connectivity index (χ1) is 8.34. The average molecular weight is 311 g/mol. The highest BCUT2D eigenvalue weighted by molar-refractivity contribution is 7.91. The maximum absolute atomic E-state index is 12.4. The Kier molecular flexibility index (Phi) is 4.01. The van der Waals surface area contributed by atoms with Crippen molar-refractivity contribution < 1.29 is 13.5 Å². The van der Waals surface area contributed by atoms with Crippen LogP contribution in [0.15, 0.2) is 10.3 Å². The summed E-state index contributed by atoms with van der Waals surface area (Å²) in [6.45, 7) is 2.63. The van der Waals surface area contributed by atoms with E-state index in [0.717, 1.165) is 16.9 Å². The minimum Gasteiger partial charge on any atom is -0.390 e. The normalized spacial score (nSPS) is 24.9. The zero-order valence-corrected chi connectivity index (χ0v) is 12.4. The summed E-state index contributed by atoms with van der Waals surface area (Å²) >= 11 is 6.95. The zero-order chi connectivity index (χ0) is 13.5. The maximum Gasteiger partial charge on any atom is 0.252 e. The molecule has 5 nitrogen and oxygen atoms in total. The van der Waals surface area contributed by atoms with Gasteiger partial charge in [-0.15, -0.1) is 11.3 Å². The number of aliphatic hydroxyl groups is 1. The number of aliphatic hydroxyl groups excluding tert-OH is 1. The Morgan fingerprint density at radius 2 is 2.22 bits per heavy atom. The average Bonchev–Trinajstić information content (AvgIpc) is 2.85. The lowest BCUT2D eigenvalue weighted by atomic mass is 10.2. The Morgan fingerprint density at radius 1 is 1.56 bits per heavy atom. The van der Waals surface area contributed by atoms with Crippen molar-refractivity contribution >= 4 is 33.0 Å². The quantitative estimate of drug-likeness (QED) is 0.860. The molecular formula is C10H15ClN2O3S2. The van der Waals surface area contributed by atoms with Crippen molar-refractivity contribution in [3.8, 4) is 0 Å². The predicted octanol–water partition coefficient (Wildman–Crippen LogP) is 0.663. The number of nitrogens with one attached hydrogen (secondary N) is 1. The third-order valence-electron chi connectivity index (χ3n) is 3.09. The molecule has 0 amide bonds. The van der Waals surface area contributed by atoms with Gasteiger partial charge in [0.15, 0.2) is 0 Å². The first-order valence-electron chi connectivity index (χ1n) is 5.47. The van der Waals surface area contributed by atoms with Gasteiger partial charge in [0, 0.05) is 20.1 Å². The van der Waals surface area contributed by atoms with Crippen LogP contribution in [0, 0.1) is 6.92 Å². The number of likely N-dealkylation sites (N-methyl/N-ethyl adjacent to an activating group) is 1. The molecule has 0 saturated carbocycles. The number of aryl methyl sites for hydroxylation is 1. The van der Waals surface area contributed by atoms with E-state index in [1.165, 1.54) is 11.4 Å². The van der Waals surface area contributed by atoms with E-state index >= 15 is 0 Å². The van der Waals surface area contributed by atoms with Crippen molar-refractivity contribution in [2.24, 2.45) is 0 Å². The van der Waals surface area contributed by atoms with Crippen LogP contribution < -0.4 is 5.32 Å². The number of halogens is 1. The van der Waals surface area contributed by atoms with Crippen molar-refractivity contribution in [3.63, 3.8) is 0 Å². The number of β-amino-alcohol motifs (C(OH)–C–C–N with tert-alkyl or cyclic N) is 1. The largest absolute Gasteiger partial charge is 0.390 e. The van der Waals surface area contributed by atoms with Crippen molar-refractivity contribution in [2.75, 3.05) is 20.1 Å². The van der Waals surface area contributed by atoms with E-state index in [2.05, 4.69) is 5.32 Å². The van der Waals surface area contributed by atoms with Gasteiger partial charge in [-0.05, 0) is 18.6 Å². The van der Waals surface area contributed by atoms with E-state index in [4.69, 9.17) is 11.6 Å². The van der Waals surface area contributed by atoms with Gasteiger partial charge in [0.1, 0.15) is 4.21 Å². The second-order valence-corrected chi connectivity index (χ2v) is 8.21. The van der Waals surface area contributed by atoms with Crippen LogP contribution in [0.2, 0.25) is 4.34 Å². The van der Waals surface area contributed by atoms with Gasteiger partial charge >= 0.3 is 0 Å². The minimum atomic E-state index is -3.59. The molecule has 1 aliphatic heterocycles. The van der Waals surface area contributed by atoms with E-state index in [-0.39, 0.29) is 4.21 Å². The number of hydrogen-bond donors (Lipinski definition) is 2. The molecule has 0 unspecified atom stereocenters. The third kappa shape index (κ3) is 2.43. The summed E-state index contributed by atoms with van der Waals surface area (Å²) < 4.78 is 26.7. The first-order valence-corrected chi connectivity index (χ1v) is 8.10. The Morgan fingerprint density at radius 3 is 2.67 bits per heavy atom. The minimum absolute atomic E-state index is 0.214. The summed E-state index contributed by atoms with van der Waals surface area (Å²) in [4.78, 5) is 0. The number of sulfonamides is 1. The molecule has 2 atom stereocenters. The fourth-order valence-corrected chi connectivity index (χ4v) is 5.18. The van der Waals surface area contributed by atoms with Gasteiger partial charge in [0.05, 0.1) is 16.5 Å². The van der Waals surface area contributed by atoms with Crippen molar-refractivity contribution in [1.82, 2.24) is 9.62 Å². The summed E-state index contributed by atoms with van der Waals surface area (Å²) in [7, 11) is -2.10. The lowest BCUT2D eigenvalue weighted by Gasteiger charge is -2.24. The molecular weight excluding hydrogens is 296 g/mol. The smallest absolute Gasteiger partial charge is 0.252 e. The molecule has 8 heteroatoms. The van der Waals surface area contributed by atoms with Crippen LogP contribution in [-0.4, -0.2) is 50.1 Å². The monoisotopic (exact) mass is 310 g/mol. The Bertz CT molecular complexity index is 524. The van der Waals surface area contributed by atoms with Crippen LogP contribution in [0.3, 0.4) is 0 Å². The van der Waals surface area contributed by atoms with E-state index in [1.54, 1.807) is 13.0 Å². The van der Waals surface area contributed by atoms with Crippen molar-refractivity contribution in [2.45, 2.75) is 23.3 Å². The van der Waals surface area contributed by atoms with Gasteiger partial charge < -0.3 is 10.4 Å². The molecule has 0 spiro atoms. The molecule has 2 heterocycles. The number of nitrogens with zero attached hydrogens (tertiary/aromatic N) is 1. The Balaban J connectivity index is 2.30. The standard InChI is InChI=1S/C10H15ClN2O3S2/c1-6-3-9(17-10(6)11)18(15,16)13(2)7-4-12-5-8(7)14/h3,7-8,12,14H,4-5H2,1-2H3/t7-,8-/m0/s1. The van der Waals surface area contributed by atoms with Gasteiger partial charge in [0.2, 0.25) is 0 Å². The molecule has 1 aliphatic rings. The van der Waals surface area contributed by atoms with Gasteiger partial charge in [0.25, 0.3) is 10.0 Å². The first kappa shape index (κ1) is 14.2. The molecule has 0 aliphatic carbocycles. The molecule has 0 bridgehead atoms. The topological polar surface area (TPSA) is 69.6 Å². The predicted molar refractivity (Wildman–Crippen MR) is 71.7 cm³/mol. The van der Waals surface area contributed by atoms with Crippen molar-refractivity contribution in [1.29, 1.82) is 0 Å². The highest BCUT2D eigenvalue weighted by Crippen LogP contribution is 2.32. The van der Waals surface area contributed by atoms with Crippen LogP contribution in [-0.2, 0) is 10.0 Å². The molecule has 18 heavy (non-hydrogen) atoms. The molecule has 2 N–H and O–H groups in total. The fraction of sp³-hybridized carbons (Fsp3) is 0.600. The van der Waals surface area contributed by atoms with E-state index in [1.807, 2.05) is 0 Å². The molecule has 102 valence electrons. The van der Waals surface area contributed by atoms with E-state index in [0.29, 0.717) is 17.4 Å². The summed E-state index contributed by atoms with van der Waals surface area (Å²) in [5.74, 6) is 0. The molecule has 1 aromatic rings. The summed E-state index contributed by atoms with van der Waals surface area (Å²) in [6, 6.07) is 1.13. The Labute approximate surface area is 115 Å². The van der Waals surface area contributed by atoms with Crippen LogP contribution in [0.1, 0.15) is 5.56 Å². The molecule has 1 aromatic heterocycles. The fourth-order valence-electron chi connectivity index (χ4n) is 1.90. The summed E-state index contributed by atoms with van der Waals surface area (Å²) in [5, 5.41) is 12.7. The molecule has 1 saturated heterocycles. The number of rotatable bonds is 3. The summed E-state index contributed by atoms with van der Waals surface area (Å²) in [5.41, 5.74) is 0.749. The van der Waals surface area contributed by atoms with Gasteiger partial charge in [-0.1, -0.05) is 11.6 Å². The number of hydrogen-bond acceptors (Lipinski definition) is 5.